The Bertz CT molecular complexity index is 185. The molecule has 0 radical (unpaired) electrons. The molecule has 0 aromatic heterocycles. The fraction of sp³-hybridized carbons (Fsp3) is 1.00. The molecule has 76 valence electrons. The fourth-order valence-electron chi connectivity index (χ4n) is 2.36. The van der Waals surface area contributed by atoms with E-state index in [1.54, 1.807) is 0 Å². The number of hydrogen-bond donors (Lipinski definition) is 1. The summed E-state index contributed by atoms with van der Waals surface area (Å²) in [4.78, 5) is 0. The van der Waals surface area contributed by atoms with Gasteiger partial charge in [-0.3, -0.25) is 0 Å². The first kappa shape index (κ1) is 9.47. The van der Waals surface area contributed by atoms with Crippen LogP contribution in [0.15, 0.2) is 0 Å². The normalized spacial score (nSPS) is 43.2. The van der Waals surface area contributed by atoms with Gasteiger partial charge in [-0.05, 0) is 18.8 Å². The predicted molar refractivity (Wildman–Crippen MR) is 53.7 cm³/mol. The molecule has 1 N–H and O–H groups in total. The Kier molecular flexibility index (Phi) is 2.37. The van der Waals surface area contributed by atoms with E-state index in [9.17, 15) is 0 Å². The van der Waals surface area contributed by atoms with Crippen molar-refractivity contribution in [1.29, 1.82) is 0 Å². The number of hydrogen-bond acceptors (Lipinski definition) is 2. The first-order chi connectivity index (χ1) is 6.08. The van der Waals surface area contributed by atoms with E-state index in [0.29, 0.717) is 11.5 Å². The molecule has 2 heteroatoms. The molecule has 2 nitrogen and oxygen atoms in total. The Morgan fingerprint density at radius 1 is 1.31 bits per heavy atom. The monoisotopic (exact) mass is 183 g/mol. The summed E-state index contributed by atoms with van der Waals surface area (Å²) >= 11 is 0. The third-order valence-corrected chi connectivity index (χ3v) is 3.51. The molecule has 0 aromatic rings. The molecule has 2 fully saturated rings. The zero-order chi connectivity index (χ0) is 9.47. The van der Waals surface area contributed by atoms with Gasteiger partial charge in [-0.25, -0.2) is 0 Å². The third kappa shape index (κ3) is 1.89. The van der Waals surface area contributed by atoms with Crippen molar-refractivity contribution in [2.24, 2.45) is 11.3 Å². The zero-order valence-electron chi connectivity index (χ0n) is 8.97. The fourth-order valence-corrected chi connectivity index (χ4v) is 2.36. The Morgan fingerprint density at radius 3 is 2.46 bits per heavy atom. The maximum absolute atomic E-state index is 5.51. The maximum atomic E-state index is 5.51. The van der Waals surface area contributed by atoms with E-state index in [4.69, 9.17) is 4.74 Å². The first-order valence-corrected chi connectivity index (χ1v) is 5.42. The van der Waals surface area contributed by atoms with Crippen LogP contribution in [0.2, 0.25) is 0 Å². The van der Waals surface area contributed by atoms with E-state index in [-0.39, 0.29) is 0 Å². The van der Waals surface area contributed by atoms with E-state index in [1.807, 2.05) is 0 Å². The first-order valence-electron chi connectivity index (χ1n) is 5.42. The van der Waals surface area contributed by atoms with E-state index < -0.39 is 0 Å². The number of nitrogens with one attached hydrogen (secondary N) is 1. The number of ether oxygens (including phenoxy) is 1. The molecule has 2 rings (SSSR count). The summed E-state index contributed by atoms with van der Waals surface area (Å²) in [5, 5.41) is 3.71. The molecule has 1 aliphatic carbocycles. The van der Waals surface area contributed by atoms with Crippen LogP contribution in [-0.2, 0) is 4.74 Å². The molecule has 0 aromatic carbocycles. The van der Waals surface area contributed by atoms with Crippen molar-refractivity contribution in [3.8, 4) is 0 Å². The smallest absolute Gasteiger partial charge is 0.0626 e. The molecular weight excluding hydrogens is 162 g/mol. The lowest BCUT2D eigenvalue weighted by molar-refractivity contribution is 0.166. The van der Waals surface area contributed by atoms with Gasteiger partial charge in [-0.15, -0.1) is 0 Å². The van der Waals surface area contributed by atoms with E-state index in [1.165, 1.54) is 12.8 Å². The van der Waals surface area contributed by atoms with Gasteiger partial charge in [0.05, 0.1) is 13.2 Å². The molecule has 1 saturated carbocycles. The summed E-state index contributed by atoms with van der Waals surface area (Å²) in [6, 6.07) is 1.34. The van der Waals surface area contributed by atoms with Crippen LogP contribution >= 0.6 is 0 Å². The van der Waals surface area contributed by atoms with Crippen molar-refractivity contribution in [3.63, 3.8) is 0 Å². The lowest BCUT2D eigenvalue weighted by atomic mass is 9.79. The van der Waals surface area contributed by atoms with Gasteiger partial charge < -0.3 is 10.1 Å². The molecule has 1 aliphatic heterocycles. The lowest BCUT2D eigenvalue weighted by Crippen LogP contribution is -2.50. The Morgan fingerprint density at radius 2 is 2.00 bits per heavy atom. The predicted octanol–water partition coefficient (Wildman–Crippen LogP) is 1.80. The summed E-state index contributed by atoms with van der Waals surface area (Å²) in [6.07, 6.45) is 2.71. The van der Waals surface area contributed by atoms with Crippen molar-refractivity contribution in [1.82, 2.24) is 5.32 Å². The van der Waals surface area contributed by atoms with E-state index in [2.05, 4.69) is 26.1 Å². The highest BCUT2D eigenvalue weighted by molar-refractivity contribution is 4.93. The lowest BCUT2D eigenvalue weighted by Gasteiger charge is -2.38. The van der Waals surface area contributed by atoms with Crippen LogP contribution in [0, 0.1) is 11.3 Å². The summed E-state index contributed by atoms with van der Waals surface area (Å²) in [5.74, 6) is 0.933. The molecule has 1 heterocycles. The quantitative estimate of drug-likeness (QED) is 0.705. The van der Waals surface area contributed by atoms with Gasteiger partial charge >= 0.3 is 0 Å². The van der Waals surface area contributed by atoms with Crippen LogP contribution in [0.5, 0.6) is 0 Å². The van der Waals surface area contributed by atoms with Gasteiger partial charge in [-0.2, -0.15) is 0 Å². The Hall–Kier alpha value is -0.0800. The van der Waals surface area contributed by atoms with Crippen LogP contribution in [0.25, 0.3) is 0 Å². The maximum Gasteiger partial charge on any atom is 0.0626 e. The van der Waals surface area contributed by atoms with Crippen LogP contribution in [-0.4, -0.2) is 25.3 Å². The van der Waals surface area contributed by atoms with Gasteiger partial charge in [0.15, 0.2) is 0 Å². The zero-order valence-corrected chi connectivity index (χ0v) is 8.97. The summed E-state index contributed by atoms with van der Waals surface area (Å²) in [7, 11) is 0. The minimum Gasteiger partial charge on any atom is -0.379 e. The van der Waals surface area contributed by atoms with Gasteiger partial charge in [-0.1, -0.05) is 20.8 Å². The Labute approximate surface area is 81.0 Å². The van der Waals surface area contributed by atoms with Gasteiger partial charge in [0.1, 0.15) is 0 Å². The van der Waals surface area contributed by atoms with Crippen molar-refractivity contribution in [2.45, 2.75) is 45.7 Å². The molecule has 2 aliphatic rings. The molecule has 0 spiro atoms. The van der Waals surface area contributed by atoms with Crippen LogP contribution in [0.4, 0.5) is 0 Å². The van der Waals surface area contributed by atoms with Crippen LogP contribution < -0.4 is 5.32 Å². The molecular formula is C11H21NO. The van der Waals surface area contributed by atoms with Crippen LogP contribution in [0.1, 0.15) is 33.6 Å². The SMILES string of the molecule is CC1CC(NC2COCC2(C)C)C1. The second-order valence-electron chi connectivity index (χ2n) is 5.50. The second kappa shape index (κ2) is 3.25. The number of rotatable bonds is 2. The standard InChI is InChI=1S/C11H21NO/c1-8-4-9(5-8)12-10-6-13-7-11(10,2)3/h8-10,12H,4-7H2,1-3H3. The van der Waals surface area contributed by atoms with Crippen molar-refractivity contribution in [2.75, 3.05) is 13.2 Å². The summed E-state index contributed by atoms with van der Waals surface area (Å²) < 4.78 is 5.51. The van der Waals surface area contributed by atoms with E-state index >= 15 is 0 Å². The highest BCUT2D eigenvalue weighted by Gasteiger charge is 2.38. The third-order valence-electron chi connectivity index (χ3n) is 3.51. The topological polar surface area (TPSA) is 21.3 Å². The highest BCUT2D eigenvalue weighted by Crippen LogP contribution is 2.32. The molecule has 1 atom stereocenters. The molecule has 13 heavy (non-hydrogen) atoms. The van der Waals surface area contributed by atoms with Crippen molar-refractivity contribution >= 4 is 0 Å². The minimum atomic E-state index is 0.332. The molecule has 0 bridgehead atoms. The molecule has 1 unspecified atom stereocenters. The Balaban J connectivity index is 1.81. The van der Waals surface area contributed by atoms with Crippen molar-refractivity contribution in [3.05, 3.63) is 0 Å². The highest BCUT2D eigenvalue weighted by atomic mass is 16.5. The van der Waals surface area contributed by atoms with Crippen molar-refractivity contribution < 1.29 is 4.74 Å². The van der Waals surface area contributed by atoms with E-state index in [0.717, 1.165) is 25.2 Å². The minimum absolute atomic E-state index is 0.332. The average molecular weight is 183 g/mol. The van der Waals surface area contributed by atoms with Crippen LogP contribution in [0.3, 0.4) is 0 Å². The van der Waals surface area contributed by atoms with Gasteiger partial charge in [0.2, 0.25) is 0 Å². The van der Waals surface area contributed by atoms with Gasteiger partial charge in [0.25, 0.3) is 0 Å². The van der Waals surface area contributed by atoms with Gasteiger partial charge in [0, 0.05) is 17.5 Å². The summed E-state index contributed by atoms with van der Waals surface area (Å²) in [6.45, 7) is 8.72. The summed E-state index contributed by atoms with van der Waals surface area (Å²) in [5.41, 5.74) is 0.332. The molecule has 1 saturated heterocycles. The largest absolute Gasteiger partial charge is 0.379 e. The average Bonchev–Trinajstić information content (AvgIpc) is 2.28. The molecule has 0 amide bonds. The second-order valence-corrected chi connectivity index (χ2v) is 5.50.